The van der Waals surface area contributed by atoms with Gasteiger partial charge in [-0.2, -0.15) is 17.5 Å². The fourth-order valence-corrected chi connectivity index (χ4v) is 4.76. The first-order chi connectivity index (χ1) is 9.58. The molecule has 1 saturated carbocycles. The highest BCUT2D eigenvalue weighted by atomic mass is 35.5. The normalized spacial score (nSPS) is 16.7. The van der Waals surface area contributed by atoms with Crippen LogP contribution in [0.5, 0.6) is 0 Å². The minimum Gasteiger partial charge on any atom is -0.465 e. The molecule has 0 aromatic carbocycles. The van der Waals surface area contributed by atoms with Crippen LogP contribution in [0.3, 0.4) is 0 Å². The SMILES string of the molecule is Cc1oc(C)c(S(=O)(=O)N(CC(F)(F)F)C2CC2)c1CCl. The lowest BCUT2D eigenvalue weighted by Gasteiger charge is -2.23. The molecule has 0 N–H and O–H groups in total. The number of alkyl halides is 4. The number of nitrogens with zero attached hydrogens (tertiary/aromatic N) is 1. The lowest BCUT2D eigenvalue weighted by molar-refractivity contribution is -0.137. The van der Waals surface area contributed by atoms with E-state index in [1.807, 2.05) is 0 Å². The molecule has 1 aromatic rings. The van der Waals surface area contributed by atoms with Gasteiger partial charge in [0, 0.05) is 11.6 Å². The van der Waals surface area contributed by atoms with Crippen molar-refractivity contribution >= 4 is 21.6 Å². The molecule has 1 aliphatic carbocycles. The van der Waals surface area contributed by atoms with Crippen molar-refractivity contribution in [1.29, 1.82) is 0 Å². The molecule has 9 heteroatoms. The smallest absolute Gasteiger partial charge is 0.402 e. The molecule has 0 unspecified atom stereocenters. The van der Waals surface area contributed by atoms with Crippen LogP contribution in [0, 0.1) is 13.8 Å². The zero-order chi connectivity index (χ0) is 16.0. The average molecular weight is 346 g/mol. The highest BCUT2D eigenvalue weighted by molar-refractivity contribution is 7.89. The monoisotopic (exact) mass is 345 g/mol. The quantitative estimate of drug-likeness (QED) is 0.769. The molecule has 0 atom stereocenters. The molecule has 0 amide bonds. The topological polar surface area (TPSA) is 50.5 Å². The summed E-state index contributed by atoms with van der Waals surface area (Å²) in [5, 5.41) is 0. The molecule has 1 aliphatic rings. The Hall–Kier alpha value is -0.730. The van der Waals surface area contributed by atoms with Crippen molar-refractivity contribution in [3.8, 4) is 0 Å². The van der Waals surface area contributed by atoms with E-state index in [0.717, 1.165) is 0 Å². The molecule has 21 heavy (non-hydrogen) atoms. The minimum atomic E-state index is -4.59. The van der Waals surface area contributed by atoms with Gasteiger partial charge >= 0.3 is 6.18 Å². The first-order valence-electron chi connectivity index (χ1n) is 6.31. The first-order valence-corrected chi connectivity index (χ1v) is 8.29. The number of hydrogen-bond donors (Lipinski definition) is 0. The number of halogens is 4. The third kappa shape index (κ3) is 3.37. The van der Waals surface area contributed by atoms with Crippen molar-refractivity contribution < 1.29 is 26.0 Å². The molecule has 0 bridgehead atoms. The standard InChI is InChI=1S/C12H15ClF3NO3S/c1-7-10(5-13)11(8(2)20-7)21(18,19)17(9-3-4-9)6-12(14,15)16/h9H,3-6H2,1-2H3. The zero-order valence-electron chi connectivity index (χ0n) is 11.5. The summed E-state index contributed by atoms with van der Waals surface area (Å²) < 4.78 is 69.0. The van der Waals surface area contributed by atoms with E-state index in [0.29, 0.717) is 22.9 Å². The maximum absolute atomic E-state index is 12.7. The molecule has 4 nitrogen and oxygen atoms in total. The summed E-state index contributed by atoms with van der Waals surface area (Å²) in [7, 11) is -4.29. The van der Waals surface area contributed by atoms with Crippen LogP contribution in [0.25, 0.3) is 0 Å². The van der Waals surface area contributed by atoms with Gasteiger partial charge in [-0.25, -0.2) is 8.42 Å². The lowest BCUT2D eigenvalue weighted by atomic mass is 10.3. The Labute approximate surface area is 125 Å². The maximum Gasteiger partial charge on any atom is 0.402 e. The van der Waals surface area contributed by atoms with Gasteiger partial charge < -0.3 is 4.42 Å². The Morgan fingerprint density at radius 1 is 1.29 bits per heavy atom. The Kier molecular flexibility index (Phi) is 4.34. The molecular formula is C12H15ClF3NO3S. The second-order valence-electron chi connectivity index (χ2n) is 5.05. The molecule has 1 heterocycles. The molecular weight excluding hydrogens is 331 g/mol. The summed E-state index contributed by atoms with van der Waals surface area (Å²) in [6, 6.07) is -0.602. The number of rotatable bonds is 5. The van der Waals surface area contributed by atoms with Crippen LogP contribution >= 0.6 is 11.6 Å². The zero-order valence-corrected chi connectivity index (χ0v) is 13.1. The van der Waals surface area contributed by atoms with Gasteiger partial charge in [-0.15, -0.1) is 11.6 Å². The Balaban J connectivity index is 2.49. The Bertz CT molecular complexity index is 635. The maximum atomic E-state index is 12.7. The van der Waals surface area contributed by atoms with Crippen molar-refractivity contribution in [3.63, 3.8) is 0 Å². The third-order valence-corrected chi connectivity index (χ3v) is 5.68. The predicted molar refractivity (Wildman–Crippen MR) is 70.7 cm³/mol. The van der Waals surface area contributed by atoms with Crippen LogP contribution in [0.15, 0.2) is 9.31 Å². The molecule has 1 aromatic heterocycles. The second kappa shape index (κ2) is 5.48. The lowest BCUT2D eigenvalue weighted by Crippen LogP contribution is -2.40. The Morgan fingerprint density at radius 2 is 1.86 bits per heavy atom. The van der Waals surface area contributed by atoms with Crippen LogP contribution in [-0.4, -0.2) is 31.5 Å². The van der Waals surface area contributed by atoms with Crippen LogP contribution in [0.2, 0.25) is 0 Å². The molecule has 0 spiro atoms. The second-order valence-corrected chi connectivity index (χ2v) is 7.15. The first kappa shape index (κ1) is 16.6. The minimum absolute atomic E-state index is 0.0657. The highest BCUT2D eigenvalue weighted by Gasteiger charge is 2.46. The number of hydrogen-bond acceptors (Lipinski definition) is 3. The van der Waals surface area contributed by atoms with E-state index in [4.69, 9.17) is 16.0 Å². The van der Waals surface area contributed by atoms with Gasteiger partial charge in [-0.1, -0.05) is 0 Å². The number of aryl methyl sites for hydroxylation is 2. The van der Waals surface area contributed by atoms with Gasteiger partial charge in [-0.3, -0.25) is 0 Å². The largest absolute Gasteiger partial charge is 0.465 e. The van der Waals surface area contributed by atoms with Crippen LogP contribution < -0.4 is 0 Å². The summed E-state index contributed by atoms with van der Waals surface area (Å²) in [5.74, 6) is 0.238. The molecule has 2 rings (SSSR count). The Morgan fingerprint density at radius 3 is 2.29 bits per heavy atom. The van der Waals surface area contributed by atoms with Crippen molar-refractivity contribution in [3.05, 3.63) is 17.1 Å². The summed E-state index contributed by atoms with van der Waals surface area (Å²) in [5.41, 5.74) is 0.224. The predicted octanol–water partition coefficient (Wildman–Crippen LogP) is 3.35. The van der Waals surface area contributed by atoms with Gasteiger partial charge in [-0.05, 0) is 26.7 Å². The third-order valence-electron chi connectivity index (χ3n) is 3.31. The highest BCUT2D eigenvalue weighted by Crippen LogP contribution is 2.38. The average Bonchev–Trinajstić information content (AvgIpc) is 3.10. The van der Waals surface area contributed by atoms with E-state index in [1.165, 1.54) is 13.8 Å². The van der Waals surface area contributed by atoms with Gasteiger partial charge in [0.2, 0.25) is 10.0 Å². The van der Waals surface area contributed by atoms with E-state index >= 15 is 0 Å². The summed E-state index contributed by atoms with van der Waals surface area (Å²) in [6.45, 7) is 1.45. The molecule has 0 aliphatic heterocycles. The van der Waals surface area contributed by atoms with Crippen molar-refractivity contribution in [2.45, 2.75) is 49.7 Å². The van der Waals surface area contributed by atoms with Gasteiger partial charge in [0.25, 0.3) is 0 Å². The van der Waals surface area contributed by atoms with Crippen molar-refractivity contribution in [2.75, 3.05) is 6.54 Å². The van der Waals surface area contributed by atoms with Crippen molar-refractivity contribution in [1.82, 2.24) is 4.31 Å². The fraction of sp³-hybridized carbons (Fsp3) is 0.667. The van der Waals surface area contributed by atoms with E-state index < -0.39 is 28.8 Å². The van der Waals surface area contributed by atoms with Crippen LogP contribution in [0.1, 0.15) is 29.9 Å². The summed E-state index contributed by atoms with van der Waals surface area (Å²) in [6.07, 6.45) is -3.73. The number of sulfonamides is 1. The molecule has 0 radical (unpaired) electrons. The van der Waals surface area contributed by atoms with Gasteiger partial charge in [0.05, 0.1) is 5.88 Å². The number of furan rings is 1. The van der Waals surface area contributed by atoms with E-state index in [9.17, 15) is 21.6 Å². The van der Waals surface area contributed by atoms with E-state index in [-0.39, 0.29) is 22.1 Å². The van der Waals surface area contributed by atoms with Gasteiger partial charge in [0.1, 0.15) is 23.0 Å². The molecule has 1 fully saturated rings. The molecule has 0 saturated heterocycles. The van der Waals surface area contributed by atoms with Crippen LogP contribution in [0.4, 0.5) is 13.2 Å². The molecule has 120 valence electrons. The van der Waals surface area contributed by atoms with Crippen molar-refractivity contribution in [2.24, 2.45) is 0 Å². The van der Waals surface area contributed by atoms with Crippen LogP contribution in [-0.2, 0) is 15.9 Å². The van der Waals surface area contributed by atoms with E-state index in [2.05, 4.69) is 0 Å². The summed E-state index contributed by atoms with van der Waals surface area (Å²) in [4.78, 5) is -0.230. The fourth-order valence-electron chi connectivity index (χ4n) is 2.27. The van der Waals surface area contributed by atoms with Gasteiger partial charge in [0.15, 0.2) is 0 Å². The summed E-state index contributed by atoms with van der Waals surface area (Å²) >= 11 is 5.72. The van der Waals surface area contributed by atoms with E-state index in [1.54, 1.807) is 0 Å².